The van der Waals surface area contributed by atoms with E-state index in [2.05, 4.69) is 42.5 Å². The van der Waals surface area contributed by atoms with Crippen molar-refractivity contribution in [1.29, 1.82) is 0 Å². The standard InChI is InChI=1S/C13H9.C5H5.C3H6.2ClH.Hf/c1-3-7-12-10(5-1)9-11-6-2-4-8-13(11)12;1-2-4-5-3-1;1-3-2;;;/h1-5,7-8H,9H2;1-5H;1-2H3;2*1H;/q2*-1;;;;+2/p-2. The third kappa shape index (κ3) is 5.88. The predicted molar refractivity (Wildman–Crippen MR) is 104 cm³/mol. The molecule has 24 heavy (non-hydrogen) atoms. The summed E-state index contributed by atoms with van der Waals surface area (Å²) < 4.78 is 1.25. The van der Waals surface area contributed by atoms with Crippen LogP contribution in [0.2, 0.25) is 0 Å². The second-order valence-corrected chi connectivity index (χ2v) is 18.9. The average Bonchev–Trinajstić information content (AvgIpc) is 3.26. The normalized spacial score (nSPS) is 10.3. The topological polar surface area (TPSA) is 0 Å². The van der Waals surface area contributed by atoms with E-state index in [9.17, 15) is 0 Å². The molecule has 0 spiro atoms. The first-order chi connectivity index (χ1) is 11.6. The van der Waals surface area contributed by atoms with Gasteiger partial charge in [-0.15, -0.1) is 5.56 Å². The Labute approximate surface area is 159 Å². The van der Waals surface area contributed by atoms with Crippen molar-refractivity contribution in [3.05, 3.63) is 90.0 Å². The van der Waals surface area contributed by atoms with Crippen LogP contribution in [0.25, 0.3) is 11.1 Å². The number of hydrogen-bond donors (Lipinski definition) is 0. The molecule has 1 aliphatic rings. The molecule has 4 rings (SSSR count). The van der Waals surface area contributed by atoms with E-state index >= 15 is 0 Å². The maximum absolute atomic E-state index is 5.55. The van der Waals surface area contributed by atoms with Gasteiger partial charge < -0.3 is 0 Å². The molecule has 0 radical (unpaired) electrons. The van der Waals surface area contributed by atoms with Gasteiger partial charge in [0, 0.05) is 0 Å². The molecular weight excluding hydrogens is 502 g/mol. The van der Waals surface area contributed by atoms with Gasteiger partial charge in [-0.25, -0.2) is 12.1 Å². The van der Waals surface area contributed by atoms with Crippen LogP contribution in [0, 0.1) is 6.07 Å². The molecule has 3 aromatic rings. The summed E-state index contributed by atoms with van der Waals surface area (Å²) in [6.45, 7) is 3.98. The molecule has 0 bridgehead atoms. The van der Waals surface area contributed by atoms with Crippen molar-refractivity contribution < 1.29 is 18.6 Å². The zero-order valence-corrected chi connectivity index (χ0v) is 19.0. The van der Waals surface area contributed by atoms with Gasteiger partial charge in [-0.3, -0.25) is 0 Å². The Balaban J connectivity index is 0.000000159. The zero-order chi connectivity index (χ0) is 17.4. The monoisotopic (exact) mass is 522 g/mol. The zero-order valence-electron chi connectivity index (χ0n) is 13.9. The van der Waals surface area contributed by atoms with E-state index in [4.69, 9.17) is 17.2 Å². The Morgan fingerprint density at radius 3 is 2.17 bits per heavy atom. The predicted octanol–water partition coefficient (Wildman–Crippen LogP) is 6.59. The van der Waals surface area contributed by atoms with Gasteiger partial charge in [0.25, 0.3) is 0 Å². The fourth-order valence-corrected chi connectivity index (χ4v) is 2.32. The summed E-state index contributed by atoms with van der Waals surface area (Å²) in [5.41, 5.74) is 5.51. The van der Waals surface area contributed by atoms with Gasteiger partial charge in [0.15, 0.2) is 0 Å². The van der Waals surface area contributed by atoms with E-state index in [1.165, 1.54) is 25.5 Å². The molecule has 0 atom stereocenters. The summed E-state index contributed by atoms with van der Waals surface area (Å²) in [4.78, 5) is 0. The van der Waals surface area contributed by atoms with Gasteiger partial charge in [0.05, 0.1) is 0 Å². The molecule has 0 heterocycles. The Bertz CT molecular complexity index is 710. The van der Waals surface area contributed by atoms with Crippen LogP contribution in [0.15, 0.2) is 72.8 Å². The fourth-order valence-electron chi connectivity index (χ4n) is 2.32. The van der Waals surface area contributed by atoms with E-state index in [1.54, 1.807) is 0 Å². The second-order valence-electron chi connectivity index (χ2n) is 5.62. The Morgan fingerprint density at radius 2 is 1.58 bits per heavy atom. The van der Waals surface area contributed by atoms with Crippen molar-refractivity contribution in [2.24, 2.45) is 0 Å². The van der Waals surface area contributed by atoms with Crippen LogP contribution in [0.4, 0.5) is 0 Å². The van der Waals surface area contributed by atoms with Gasteiger partial charge in [-0.05, 0) is 6.42 Å². The summed E-state index contributed by atoms with van der Waals surface area (Å²) in [6.07, 6.45) is 1.05. The Morgan fingerprint density at radius 1 is 0.958 bits per heavy atom. The summed E-state index contributed by atoms with van der Waals surface area (Å²) >= 11 is -1.97. The second kappa shape index (κ2) is 10.2. The summed E-state index contributed by atoms with van der Waals surface area (Å²) in [5.74, 6) is 0. The Kier molecular flexibility index (Phi) is 8.24. The molecule has 3 aromatic carbocycles. The maximum Gasteiger partial charge on any atom is -0.0253 e. The number of hydrogen-bond acceptors (Lipinski definition) is 0. The van der Waals surface area contributed by atoms with Crippen LogP contribution in [0.3, 0.4) is 0 Å². The molecule has 0 amide bonds. The summed E-state index contributed by atoms with van der Waals surface area (Å²) in [7, 11) is 11.1. The molecule has 0 saturated carbocycles. The molecule has 0 aromatic heterocycles. The molecular formula is C21H20Cl2Hf-2. The van der Waals surface area contributed by atoms with Crippen molar-refractivity contribution in [2.45, 2.75) is 20.3 Å². The summed E-state index contributed by atoms with van der Waals surface area (Å²) in [5, 5.41) is 0. The third-order valence-electron chi connectivity index (χ3n) is 3.55. The molecule has 0 N–H and O–H groups in total. The van der Waals surface area contributed by atoms with Crippen LogP contribution >= 0.6 is 17.2 Å². The minimum absolute atomic E-state index is 1.05. The fraction of sp³-hybridized carbons (Fsp3) is 0.143. The smallest absolute Gasteiger partial charge is 0.0253 e. The van der Waals surface area contributed by atoms with Crippen LogP contribution in [-0.2, 0) is 25.0 Å². The van der Waals surface area contributed by atoms with Crippen molar-refractivity contribution in [3.63, 3.8) is 0 Å². The number of benzene rings is 2. The summed E-state index contributed by atoms with van der Waals surface area (Å²) in [6, 6.07) is 28.1. The van der Waals surface area contributed by atoms with Crippen molar-refractivity contribution >= 4 is 20.4 Å². The first-order valence-corrected chi connectivity index (χ1v) is 18.5. The van der Waals surface area contributed by atoms with Gasteiger partial charge >= 0.3 is 52.8 Å². The van der Waals surface area contributed by atoms with E-state index in [0.717, 1.165) is 6.42 Å². The van der Waals surface area contributed by atoms with Gasteiger partial charge in [0.1, 0.15) is 0 Å². The van der Waals surface area contributed by atoms with E-state index in [1.807, 2.05) is 50.2 Å². The van der Waals surface area contributed by atoms with Crippen LogP contribution in [-0.4, -0.2) is 3.26 Å². The number of rotatable bonds is 0. The van der Waals surface area contributed by atoms with E-state index in [-0.39, 0.29) is 0 Å². The Hall–Kier alpha value is -0.890. The molecule has 0 nitrogen and oxygen atoms in total. The maximum atomic E-state index is 5.55. The molecule has 0 saturated heterocycles. The van der Waals surface area contributed by atoms with Crippen molar-refractivity contribution in [1.82, 2.24) is 0 Å². The van der Waals surface area contributed by atoms with Gasteiger partial charge in [-0.2, -0.15) is 48.0 Å². The van der Waals surface area contributed by atoms with E-state index in [0.29, 0.717) is 0 Å². The molecule has 0 aliphatic heterocycles. The van der Waals surface area contributed by atoms with Crippen molar-refractivity contribution in [3.8, 4) is 11.1 Å². The quantitative estimate of drug-likeness (QED) is 0.181. The van der Waals surface area contributed by atoms with Gasteiger partial charge in [0.2, 0.25) is 0 Å². The van der Waals surface area contributed by atoms with Crippen LogP contribution < -0.4 is 0 Å². The third-order valence-corrected chi connectivity index (χ3v) is 12.5. The minimum Gasteiger partial charge on any atom is -0.214 e. The molecule has 0 fully saturated rings. The first kappa shape index (κ1) is 19.4. The largest absolute Gasteiger partial charge is 0.214 e. The SMILES string of the molecule is C[C](C)=[Hf]([Cl])[Cl].[c-]1cccc2c1Cc1ccccc1-2.c1cc[cH-]c1. The van der Waals surface area contributed by atoms with Crippen LogP contribution in [0.1, 0.15) is 25.0 Å². The van der Waals surface area contributed by atoms with Gasteiger partial charge in [-0.1, -0.05) is 35.4 Å². The van der Waals surface area contributed by atoms with Crippen molar-refractivity contribution in [2.75, 3.05) is 0 Å². The van der Waals surface area contributed by atoms with E-state index < -0.39 is 18.6 Å². The molecule has 1 aliphatic carbocycles. The molecule has 3 heteroatoms. The van der Waals surface area contributed by atoms with Crippen LogP contribution in [0.5, 0.6) is 0 Å². The number of halogens is 2. The minimum atomic E-state index is -1.97. The average molecular weight is 522 g/mol. The molecule has 124 valence electrons. The number of fused-ring (bicyclic) bond motifs is 3. The first-order valence-electron chi connectivity index (χ1n) is 7.82. The molecule has 0 unspecified atom stereocenters.